The van der Waals surface area contributed by atoms with Gasteiger partial charge in [-0.2, -0.15) is 5.10 Å². The minimum atomic E-state index is -0.00345. The highest BCUT2D eigenvalue weighted by Crippen LogP contribution is 2.09. The number of rotatable bonds is 8. The smallest absolute Gasteiger partial charge is 0.250 e. The lowest BCUT2D eigenvalue weighted by atomic mass is 10.1. The minimum Gasteiger partial charge on any atom is -0.330 e. The molecule has 0 atom stereocenters. The summed E-state index contributed by atoms with van der Waals surface area (Å²) < 4.78 is 1.52. The summed E-state index contributed by atoms with van der Waals surface area (Å²) in [7, 11) is 0. The summed E-state index contributed by atoms with van der Waals surface area (Å²) in [6, 6.07) is 1.74. The van der Waals surface area contributed by atoms with E-state index < -0.39 is 0 Å². The third-order valence-electron chi connectivity index (χ3n) is 2.98. The lowest BCUT2D eigenvalue weighted by molar-refractivity contribution is -0.116. The Labute approximate surface area is 123 Å². The Morgan fingerprint density at radius 1 is 1.19 bits per heavy atom. The van der Waals surface area contributed by atoms with Crippen molar-refractivity contribution in [2.45, 2.75) is 32.1 Å². The predicted molar refractivity (Wildman–Crippen MR) is 79.9 cm³/mol. The molecular formula is C14H20N6O. The van der Waals surface area contributed by atoms with Gasteiger partial charge in [-0.25, -0.2) is 14.6 Å². The van der Waals surface area contributed by atoms with Gasteiger partial charge in [-0.3, -0.25) is 4.79 Å². The summed E-state index contributed by atoms with van der Waals surface area (Å²) in [5.74, 6) is 0.469. The van der Waals surface area contributed by atoms with Gasteiger partial charge in [-0.1, -0.05) is 12.8 Å². The highest BCUT2D eigenvalue weighted by atomic mass is 16.1. The van der Waals surface area contributed by atoms with Gasteiger partial charge >= 0.3 is 0 Å². The van der Waals surface area contributed by atoms with E-state index >= 15 is 0 Å². The molecule has 7 heteroatoms. The molecule has 0 fully saturated rings. The van der Waals surface area contributed by atoms with E-state index in [1.807, 2.05) is 0 Å². The number of nitrogens with two attached hydrogens (primary N) is 1. The van der Waals surface area contributed by atoms with E-state index in [1.165, 1.54) is 4.68 Å². The maximum absolute atomic E-state index is 11.8. The molecule has 0 bridgehead atoms. The number of aromatic nitrogens is 4. The SMILES string of the molecule is NCCCCCCC(=O)Nc1cnn(-c2ncccn2)c1. The minimum absolute atomic E-state index is 0.00345. The number of hydrogen-bond acceptors (Lipinski definition) is 5. The topological polar surface area (TPSA) is 98.7 Å². The van der Waals surface area contributed by atoms with Crippen molar-refractivity contribution in [1.29, 1.82) is 0 Å². The molecule has 0 spiro atoms. The number of carbonyl (C=O) groups excluding carboxylic acids is 1. The van der Waals surface area contributed by atoms with E-state index in [0.717, 1.165) is 25.7 Å². The van der Waals surface area contributed by atoms with Crippen molar-refractivity contribution < 1.29 is 4.79 Å². The molecule has 0 aromatic carbocycles. The Hall–Kier alpha value is -2.28. The summed E-state index contributed by atoms with van der Waals surface area (Å²) >= 11 is 0. The van der Waals surface area contributed by atoms with E-state index in [9.17, 15) is 4.79 Å². The number of carbonyl (C=O) groups is 1. The van der Waals surface area contributed by atoms with Crippen LogP contribution < -0.4 is 11.1 Å². The molecule has 0 radical (unpaired) electrons. The van der Waals surface area contributed by atoms with Gasteiger partial charge in [0.1, 0.15) is 0 Å². The Bertz CT molecular complexity index is 554. The molecule has 0 unspecified atom stereocenters. The Morgan fingerprint density at radius 2 is 1.95 bits per heavy atom. The van der Waals surface area contributed by atoms with Crippen LogP contribution in [0.1, 0.15) is 32.1 Å². The van der Waals surface area contributed by atoms with Gasteiger partial charge in [0, 0.05) is 18.8 Å². The fraction of sp³-hybridized carbons (Fsp3) is 0.429. The van der Waals surface area contributed by atoms with Crippen LogP contribution in [0.4, 0.5) is 5.69 Å². The van der Waals surface area contributed by atoms with Crippen molar-refractivity contribution in [3.63, 3.8) is 0 Å². The fourth-order valence-electron chi connectivity index (χ4n) is 1.91. The molecule has 21 heavy (non-hydrogen) atoms. The fourth-order valence-corrected chi connectivity index (χ4v) is 1.91. The maximum atomic E-state index is 11.8. The van der Waals surface area contributed by atoms with Gasteiger partial charge in [0.05, 0.1) is 18.1 Å². The number of unbranched alkanes of at least 4 members (excludes halogenated alkanes) is 3. The quantitative estimate of drug-likeness (QED) is 0.717. The number of amides is 1. The molecular weight excluding hydrogens is 268 g/mol. The summed E-state index contributed by atoms with van der Waals surface area (Å²) in [6.45, 7) is 0.715. The third kappa shape index (κ3) is 4.96. The van der Waals surface area contributed by atoms with Crippen molar-refractivity contribution in [2.24, 2.45) is 5.73 Å². The van der Waals surface area contributed by atoms with Crippen molar-refractivity contribution in [3.05, 3.63) is 30.9 Å². The molecule has 2 rings (SSSR count). The first-order chi connectivity index (χ1) is 10.3. The predicted octanol–water partition coefficient (Wildman–Crippen LogP) is 1.51. The summed E-state index contributed by atoms with van der Waals surface area (Å²) in [6.07, 6.45) is 11.1. The monoisotopic (exact) mass is 288 g/mol. The molecule has 2 heterocycles. The summed E-state index contributed by atoms with van der Waals surface area (Å²) in [5.41, 5.74) is 6.07. The zero-order valence-electron chi connectivity index (χ0n) is 11.9. The van der Waals surface area contributed by atoms with Crippen LogP contribution in [0.15, 0.2) is 30.9 Å². The molecule has 0 aliphatic rings. The lowest BCUT2D eigenvalue weighted by Gasteiger charge is -2.02. The van der Waals surface area contributed by atoms with E-state index in [4.69, 9.17) is 5.73 Å². The van der Waals surface area contributed by atoms with Gasteiger partial charge in [0.25, 0.3) is 0 Å². The van der Waals surface area contributed by atoms with E-state index in [-0.39, 0.29) is 5.91 Å². The molecule has 7 nitrogen and oxygen atoms in total. The second-order valence-electron chi connectivity index (χ2n) is 4.72. The molecule has 0 aliphatic heterocycles. The normalized spacial score (nSPS) is 10.5. The van der Waals surface area contributed by atoms with E-state index in [1.54, 1.807) is 30.9 Å². The standard InChI is InChI=1S/C14H20N6O/c15-7-4-2-1-3-6-13(21)19-12-10-18-20(11-12)14-16-8-5-9-17-14/h5,8-11H,1-4,6-7,15H2,(H,19,21). The van der Waals surface area contributed by atoms with Crippen LogP contribution >= 0.6 is 0 Å². The van der Waals surface area contributed by atoms with Crippen LogP contribution in [0.5, 0.6) is 0 Å². The average molecular weight is 288 g/mol. The molecule has 0 saturated carbocycles. The van der Waals surface area contributed by atoms with Gasteiger partial charge < -0.3 is 11.1 Å². The highest BCUT2D eigenvalue weighted by Gasteiger charge is 2.06. The van der Waals surface area contributed by atoms with Crippen LogP contribution in [-0.2, 0) is 4.79 Å². The number of anilines is 1. The number of nitrogens with one attached hydrogen (secondary N) is 1. The lowest BCUT2D eigenvalue weighted by Crippen LogP contribution is -2.10. The Kier molecular flexibility index (Phi) is 5.83. The van der Waals surface area contributed by atoms with Crippen LogP contribution in [-0.4, -0.2) is 32.2 Å². The Morgan fingerprint density at radius 3 is 2.71 bits per heavy atom. The van der Waals surface area contributed by atoms with Crippen LogP contribution in [0.3, 0.4) is 0 Å². The van der Waals surface area contributed by atoms with E-state index in [2.05, 4.69) is 20.4 Å². The van der Waals surface area contributed by atoms with Crippen molar-refractivity contribution in [3.8, 4) is 5.95 Å². The average Bonchev–Trinajstić information content (AvgIpc) is 2.96. The van der Waals surface area contributed by atoms with Gasteiger partial charge in [0.15, 0.2) is 0 Å². The second kappa shape index (κ2) is 8.11. The first-order valence-electron chi connectivity index (χ1n) is 7.11. The molecule has 2 aromatic heterocycles. The largest absolute Gasteiger partial charge is 0.330 e. The van der Waals surface area contributed by atoms with Gasteiger partial charge in [-0.15, -0.1) is 0 Å². The third-order valence-corrected chi connectivity index (χ3v) is 2.98. The van der Waals surface area contributed by atoms with Gasteiger partial charge in [0.2, 0.25) is 11.9 Å². The number of nitrogens with zero attached hydrogens (tertiary/aromatic N) is 4. The molecule has 2 aromatic rings. The summed E-state index contributed by atoms with van der Waals surface area (Å²) in [4.78, 5) is 20.0. The molecule has 0 aliphatic carbocycles. The summed E-state index contributed by atoms with van der Waals surface area (Å²) in [5, 5.41) is 6.94. The second-order valence-corrected chi connectivity index (χ2v) is 4.72. The zero-order chi connectivity index (χ0) is 14.9. The van der Waals surface area contributed by atoms with Crippen LogP contribution in [0.25, 0.3) is 5.95 Å². The van der Waals surface area contributed by atoms with Crippen LogP contribution in [0.2, 0.25) is 0 Å². The highest BCUT2D eigenvalue weighted by molar-refractivity contribution is 5.90. The molecule has 3 N–H and O–H groups in total. The zero-order valence-corrected chi connectivity index (χ0v) is 11.9. The number of hydrogen-bond donors (Lipinski definition) is 2. The maximum Gasteiger partial charge on any atom is 0.250 e. The van der Waals surface area contributed by atoms with Gasteiger partial charge in [-0.05, 0) is 25.5 Å². The van der Waals surface area contributed by atoms with Crippen molar-refractivity contribution in [1.82, 2.24) is 19.7 Å². The molecule has 1 amide bonds. The van der Waals surface area contributed by atoms with Crippen LogP contribution in [0, 0.1) is 0 Å². The first-order valence-corrected chi connectivity index (χ1v) is 7.11. The molecule has 0 saturated heterocycles. The van der Waals surface area contributed by atoms with E-state index in [0.29, 0.717) is 24.6 Å². The van der Waals surface area contributed by atoms with Crippen molar-refractivity contribution >= 4 is 11.6 Å². The Balaban J connectivity index is 1.78. The first kappa shape index (κ1) is 15.1. The van der Waals surface area contributed by atoms with Crippen molar-refractivity contribution in [2.75, 3.05) is 11.9 Å². The molecule has 112 valence electrons.